The van der Waals surface area contributed by atoms with Crippen molar-refractivity contribution < 1.29 is 23.8 Å². The third-order valence-corrected chi connectivity index (χ3v) is 15.2. The van der Waals surface area contributed by atoms with E-state index >= 15 is 0 Å². The number of carbonyl (C=O) groups excluding carboxylic acids is 2. The van der Waals surface area contributed by atoms with Crippen molar-refractivity contribution in [3.8, 4) is 5.75 Å². The number of unbranched alkanes of at least 4 members (excludes halogenated alkanes) is 7. The first kappa shape index (κ1) is 41.8. The molecule has 5 aliphatic carbocycles. The second-order valence-corrected chi connectivity index (χ2v) is 19.2. The normalized spacial score (nSPS) is 30.2. The molecular formula is C50H74O5. The van der Waals surface area contributed by atoms with Gasteiger partial charge in [-0.25, -0.2) is 9.59 Å². The van der Waals surface area contributed by atoms with Gasteiger partial charge in [-0.05, 0) is 135 Å². The fraction of sp³-hybridized carbons (Fsp3) is 0.720. The van der Waals surface area contributed by atoms with Gasteiger partial charge in [0.25, 0.3) is 0 Å². The maximum Gasteiger partial charge on any atom is 0.338 e. The molecule has 8 atom stereocenters. The monoisotopic (exact) mass is 755 g/mol. The highest BCUT2D eigenvalue weighted by Gasteiger charge is 2.59. The van der Waals surface area contributed by atoms with E-state index in [-0.39, 0.29) is 23.5 Å². The van der Waals surface area contributed by atoms with E-state index in [2.05, 4.69) is 40.7 Å². The number of fused-ring (bicyclic) bond motifs is 5. The molecule has 0 bridgehead atoms. The van der Waals surface area contributed by atoms with Gasteiger partial charge in [-0.2, -0.15) is 0 Å². The Kier molecular flexibility index (Phi) is 14.9. The molecule has 0 spiro atoms. The zero-order valence-electron chi connectivity index (χ0n) is 35.3. The summed E-state index contributed by atoms with van der Waals surface area (Å²) in [6.07, 6.45) is 32.1. The van der Waals surface area contributed by atoms with E-state index in [1.165, 1.54) is 77.0 Å². The Balaban J connectivity index is 0.860. The first-order valence-electron chi connectivity index (χ1n) is 22.7. The lowest BCUT2D eigenvalue weighted by Crippen LogP contribution is -2.51. The number of carbonyl (C=O) groups is 2. The van der Waals surface area contributed by atoms with Crippen LogP contribution in [0.15, 0.2) is 59.7 Å². The first-order valence-corrected chi connectivity index (χ1v) is 22.7. The smallest absolute Gasteiger partial charge is 0.338 e. The predicted molar refractivity (Wildman–Crippen MR) is 224 cm³/mol. The lowest BCUT2D eigenvalue weighted by molar-refractivity contribution is -0.139. The summed E-state index contributed by atoms with van der Waals surface area (Å²) in [5.41, 5.74) is 3.73. The molecule has 55 heavy (non-hydrogen) atoms. The van der Waals surface area contributed by atoms with Gasteiger partial charge in [0.05, 0.1) is 18.8 Å². The minimum atomic E-state index is -0.206. The zero-order valence-corrected chi connectivity index (χ0v) is 35.3. The van der Waals surface area contributed by atoms with Crippen molar-refractivity contribution in [2.45, 2.75) is 169 Å². The summed E-state index contributed by atoms with van der Waals surface area (Å²) in [6, 6.07) is 7.54. The zero-order chi connectivity index (χ0) is 38.8. The summed E-state index contributed by atoms with van der Waals surface area (Å²) in [6.45, 7) is 13.8. The molecule has 0 saturated heterocycles. The Labute approximate surface area is 334 Å². The molecule has 5 heteroatoms. The summed E-state index contributed by atoms with van der Waals surface area (Å²) < 4.78 is 17.5. The first-order chi connectivity index (χ1) is 26.6. The minimum Gasteiger partial charge on any atom is -0.494 e. The molecule has 0 amide bonds. The lowest BCUT2D eigenvalue weighted by atomic mass is 9.47. The highest BCUT2D eigenvalue weighted by molar-refractivity contribution is 5.90. The lowest BCUT2D eigenvalue weighted by Gasteiger charge is -2.58. The number of allylic oxidation sites excluding steroid dienone is 4. The average molecular weight is 755 g/mol. The largest absolute Gasteiger partial charge is 0.494 e. The molecule has 0 N–H and O–H groups in total. The van der Waals surface area contributed by atoms with Crippen LogP contribution in [-0.4, -0.2) is 31.3 Å². The SMILES string of the molecule is CC(C)CCC[C@@H](C)[C@H]1CC[C@H]2[C@@H]3CC=C4CC(OC(=O)c5ccc(OCCCCCCCCCCOC(=O)C6=CC=CC6)cc5)CC[C@]4(C)[C@H]3CC[C@]12C. The standard InChI is InChI=1S/C50H74O5/c1-36(2)17-16-18-37(3)44-27-28-45-43-26-23-40-35-42(29-31-49(40,4)46(43)30-32-50(44,45)5)55-48(52)39-21-24-41(25-22-39)53-33-14-10-8-6-7-9-11-15-34-54-47(51)38-19-12-13-20-38/h12-13,19,21-25,36-37,42-46H,6-11,14-18,20,26-35H2,1-5H3/t37-,42?,43+,44-,45+,46+,49+,50-/m1/s1. The second kappa shape index (κ2) is 19.6. The van der Waals surface area contributed by atoms with Gasteiger partial charge in [0.1, 0.15) is 11.9 Å². The van der Waals surface area contributed by atoms with E-state index in [1.807, 2.05) is 42.5 Å². The van der Waals surface area contributed by atoms with Crippen molar-refractivity contribution in [2.24, 2.45) is 46.3 Å². The van der Waals surface area contributed by atoms with Crippen molar-refractivity contribution in [2.75, 3.05) is 13.2 Å². The summed E-state index contributed by atoms with van der Waals surface area (Å²) >= 11 is 0. The van der Waals surface area contributed by atoms with Crippen molar-refractivity contribution in [1.29, 1.82) is 0 Å². The number of hydrogen-bond donors (Lipinski definition) is 0. The average Bonchev–Trinajstić information content (AvgIpc) is 3.84. The molecule has 3 saturated carbocycles. The van der Waals surface area contributed by atoms with Crippen LogP contribution in [0.25, 0.3) is 0 Å². The van der Waals surface area contributed by atoms with Crippen LogP contribution in [0.2, 0.25) is 0 Å². The van der Waals surface area contributed by atoms with Gasteiger partial charge in [0, 0.05) is 12.0 Å². The van der Waals surface area contributed by atoms with Crippen LogP contribution in [0.5, 0.6) is 5.75 Å². The molecular weight excluding hydrogens is 681 g/mol. The fourth-order valence-electron chi connectivity index (χ4n) is 12.0. The maximum atomic E-state index is 13.3. The summed E-state index contributed by atoms with van der Waals surface area (Å²) in [7, 11) is 0. The highest BCUT2D eigenvalue weighted by Crippen LogP contribution is 2.67. The van der Waals surface area contributed by atoms with Gasteiger partial charge in [-0.1, -0.05) is 122 Å². The molecule has 5 nitrogen and oxygen atoms in total. The number of benzene rings is 1. The van der Waals surface area contributed by atoms with E-state index in [1.54, 1.807) is 5.57 Å². The van der Waals surface area contributed by atoms with Crippen LogP contribution < -0.4 is 4.74 Å². The number of ether oxygens (including phenoxy) is 3. The number of rotatable bonds is 20. The Bertz CT molecular complexity index is 1500. The van der Waals surface area contributed by atoms with Gasteiger partial charge in [-0.3, -0.25) is 0 Å². The van der Waals surface area contributed by atoms with Gasteiger partial charge in [0.15, 0.2) is 0 Å². The van der Waals surface area contributed by atoms with Crippen LogP contribution >= 0.6 is 0 Å². The van der Waals surface area contributed by atoms with Crippen molar-refractivity contribution >= 4 is 11.9 Å². The van der Waals surface area contributed by atoms with E-state index in [9.17, 15) is 9.59 Å². The van der Waals surface area contributed by atoms with Gasteiger partial charge in [-0.15, -0.1) is 0 Å². The Morgan fingerprint density at radius 2 is 1.51 bits per heavy atom. The third-order valence-electron chi connectivity index (χ3n) is 15.2. The van der Waals surface area contributed by atoms with Crippen LogP contribution in [0.3, 0.4) is 0 Å². The van der Waals surface area contributed by atoms with Crippen molar-refractivity contribution in [1.82, 2.24) is 0 Å². The Morgan fingerprint density at radius 3 is 2.22 bits per heavy atom. The molecule has 0 aromatic heterocycles. The van der Waals surface area contributed by atoms with E-state index < -0.39 is 0 Å². The quantitative estimate of drug-likeness (QED) is 0.0753. The van der Waals surface area contributed by atoms with Gasteiger partial charge < -0.3 is 14.2 Å². The molecule has 5 aliphatic rings. The van der Waals surface area contributed by atoms with E-state index in [4.69, 9.17) is 14.2 Å². The molecule has 6 rings (SSSR count). The molecule has 3 fully saturated rings. The molecule has 0 radical (unpaired) electrons. The molecule has 1 aromatic carbocycles. The van der Waals surface area contributed by atoms with Crippen LogP contribution in [0.1, 0.15) is 173 Å². The molecule has 304 valence electrons. The van der Waals surface area contributed by atoms with E-state index in [0.717, 1.165) is 91.8 Å². The molecule has 1 unspecified atom stereocenters. The van der Waals surface area contributed by atoms with Crippen molar-refractivity contribution in [3.05, 3.63) is 65.3 Å². The summed E-state index contributed by atoms with van der Waals surface area (Å²) in [5.74, 6) is 5.48. The summed E-state index contributed by atoms with van der Waals surface area (Å²) in [4.78, 5) is 25.2. The molecule has 0 aliphatic heterocycles. The Hall–Kier alpha value is -2.82. The fourth-order valence-corrected chi connectivity index (χ4v) is 12.0. The van der Waals surface area contributed by atoms with E-state index in [0.29, 0.717) is 30.6 Å². The van der Waals surface area contributed by atoms with Crippen molar-refractivity contribution in [3.63, 3.8) is 0 Å². The van der Waals surface area contributed by atoms with Gasteiger partial charge in [0.2, 0.25) is 0 Å². The molecule has 1 aromatic rings. The summed E-state index contributed by atoms with van der Waals surface area (Å²) in [5, 5.41) is 0. The third kappa shape index (κ3) is 10.4. The van der Waals surface area contributed by atoms with Crippen LogP contribution in [0, 0.1) is 46.3 Å². The predicted octanol–water partition coefficient (Wildman–Crippen LogP) is 13.2. The topological polar surface area (TPSA) is 61.8 Å². The minimum absolute atomic E-state index is 0.0299. The maximum absolute atomic E-state index is 13.3. The van der Waals surface area contributed by atoms with Crippen LogP contribution in [-0.2, 0) is 14.3 Å². The second-order valence-electron chi connectivity index (χ2n) is 19.2. The number of esters is 2. The molecule has 0 heterocycles. The number of hydrogen-bond acceptors (Lipinski definition) is 5. The highest BCUT2D eigenvalue weighted by atomic mass is 16.5. The van der Waals surface area contributed by atoms with Crippen LogP contribution in [0.4, 0.5) is 0 Å². The van der Waals surface area contributed by atoms with Gasteiger partial charge >= 0.3 is 11.9 Å². The Morgan fingerprint density at radius 1 is 0.782 bits per heavy atom.